The minimum Gasteiger partial charge on any atom is -0.396 e. The molecule has 0 amide bonds. The van der Waals surface area contributed by atoms with Crippen molar-refractivity contribution < 1.29 is 5.11 Å². The fourth-order valence-corrected chi connectivity index (χ4v) is 2.07. The minimum absolute atomic E-state index is 0.313. The van der Waals surface area contributed by atoms with Gasteiger partial charge in [0.05, 0.1) is 0 Å². The lowest BCUT2D eigenvalue weighted by Gasteiger charge is -2.31. The average molecular weight is 221 g/mol. The molecular formula is C12H19N3O. The summed E-state index contributed by atoms with van der Waals surface area (Å²) in [5, 5.41) is 9.07. The van der Waals surface area contributed by atoms with Gasteiger partial charge in [-0.25, -0.2) is 4.98 Å². The summed E-state index contributed by atoms with van der Waals surface area (Å²) in [6.07, 6.45) is 3.95. The van der Waals surface area contributed by atoms with Crippen molar-refractivity contribution in [2.45, 2.75) is 19.4 Å². The van der Waals surface area contributed by atoms with E-state index in [-0.39, 0.29) is 0 Å². The normalized spacial score (nSPS) is 17.8. The molecule has 88 valence electrons. The minimum atomic E-state index is 0.313. The molecule has 0 unspecified atom stereocenters. The highest BCUT2D eigenvalue weighted by Gasteiger charge is 2.19. The molecule has 4 nitrogen and oxygen atoms in total. The van der Waals surface area contributed by atoms with Gasteiger partial charge in [0.1, 0.15) is 5.82 Å². The van der Waals surface area contributed by atoms with E-state index in [1.54, 1.807) is 0 Å². The fourth-order valence-electron chi connectivity index (χ4n) is 2.07. The molecule has 1 saturated heterocycles. The molecule has 0 aromatic carbocycles. The van der Waals surface area contributed by atoms with E-state index in [1.807, 2.05) is 18.3 Å². The van der Waals surface area contributed by atoms with Crippen LogP contribution in [0.25, 0.3) is 0 Å². The molecule has 3 N–H and O–H groups in total. The van der Waals surface area contributed by atoms with Crippen LogP contribution < -0.4 is 10.6 Å². The van der Waals surface area contributed by atoms with Gasteiger partial charge in [0.15, 0.2) is 0 Å². The summed E-state index contributed by atoms with van der Waals surface area (Å²) < 4.78 is 0. The van der Waals surface area contributed by atoms with Crippen LogP contribution in [-0.4, -0.2) is 29.8 Å². The predicted molar refractivity (Wildman–Crippen MR) is 64.2 cm³/mol. The highest BCUT2D eigenvalue weighted by atomic mass is 16.3. The Morgan fingerprint density at radius 1 is 1.38 bits per heavy atom. The van der Waals surface area contributed by atoms with Crippen molar-refractivity contribution in [3.63, 3.8) is 0 Å². The van der Waals surface area contributed by atoms with Crippen molar-refractivity contribution in [3.8, 4) is 0 Å². The van der Waals surface area contributed by atoms with Crippen LogP contribution in [0.3, 0.4) is 0 Å². The lowest BCUT2D eigenvalue weighted by atomic mass is 9.98. The first-order chi connectivity index (χ1) is 7.83. The third-order valence-electron chi connectivity index (χ3n) is 3.24. The zero-order valence-corrected chi connectivity index (χ0v) is 9.47. The van der Waals surface area contributed by atoms with Gasteiger partial charge < -0.3 is 15.7 Å². The van der Waals surface area contributed by atoms with E-state index in [2.05, 4.69) is 9.88 Å². The first-order valence-electron chi connectivity index (χ1n) is 5.84. The summed E-state index contributed by atoms with van der Waals surface area (Å²) >= 11 is 0. The first-order valence-corrected chi connectivity index (χ1v) is 5.84. The van der Waals surface area contributed by atoms with E-state index in [9.17, 15) is 0 Å². The van der Waals surface area contributed by atoms with Crippen LogP contribution in [-0.2, 0) is 6.54 Å². The largest absolute Gasteiger partial charge is 0.396 e. The van der Waals surface area contributed by atoms with E-state index in [4.69, 9.17) is 10.8 Å². The topological polar surface area (TPSA) is 62.4 Å². The van der Waals surface area contributed by atoms with Crippen molar-refractivity contribution in [1.82, 2.24) is 4.98 Å². The Hall–Kier alpha value is -1.13. The number of nitrogens with zero attached hydrogens (tertiary/aromatic N) is 2. The molecule has 1 aromatic heterocycles. The summed E-state index contributed by atoms with van der Waals surface area (Å²) in [6, 6.07) is 4.06. The molecule has 2 heterocycles. The van der Waals surface area contributed by atoms with Gasteiger partial charge in [0.25, 0.3) is 0 Å². The molecule has 0 bridgehead atoms. The van der Waals surface area contributed by atoms with Gasteiger partial charge >= 0.3 is 0 Å². The predicted octanol–water partition coefficient (Wildman–Crippen LogP) is 0.749. The Bertz CT molecular complexity index is 318. The molecule has 0 atom stereocenters. The van der Waals surface area contributed by atoms with Gasteiger partial charge in [-0.2, -0.15) is 0 Å². The van der Waals surface area contributed by atoms with Crippen molar-refractivity contribution in [1.29, 1.82) is 0 Å². The Morgan fingerprint density at radius 3 is 2.62 bits per heavy atom. The second-order valence-electron chi connectivity index (χ2n) is 4.34. The highest BCUT2D eigenvalue weighted by molar-refractivity contribution is 5.39. The first kappa shape index (κ1) is 11.4. The average Bonchev–Trinajstić information content (AvgIpc) is 2.39. The van der Waals surface area contributed by atoms with Crippen LogP contribution in [0.1, 0.15) is 18.4 Å². The molecule has 0 aliphatic carbocycles. The fraction of sp³-hybridized carbons (Fsp3) is 0.583. The van der Waals surface area contributed by atoms with Gasteiger partial charge in [-0.1, -0.05) is 6.07 Å². The maximum Gasteiger partial charge on any atom is 0.128 e. The van der Waals surface area contributed by atoms with Gasteiger partial charge in [-0.3, -0.25) is 0 Å². The number of hydrogen-bond donors (Lipinski definition) is 2. The molecule has 16 heavy (non-hydrogen) atoms. The summed E-state index contributed by atoms with van der Waals surface area (Å²) in [5.74, 6) is 1.49. The van der Waals surface area contributed by atoms with Crippen LogP contribution in [0.5, 0.6) is 0 Å². The van der Waals surface area contributed by atoms with E-state index >= 15 is 0 Å². The number of hydrogen-bond acceptors (Lipinski definition) is 4. The summed E-state index contributed by atoms with van der Waals surface area (Å²) in [6.45, 7) is 2.83. The molecule has 1 aliphatic rings. The van der Waals surface area contributed by atoms with Gasteiger partial charge in [-0.05, 0) is 30.4 Å². The molecule has 1 aliphatic heterocycles. The second-order valence-corrected chi connectivity index (χ2v) is 4.34. The summed E-state index contributed by atoms with van der Waals surface area (Å²) in [5.41, 5.74) is 6.60. The zero-order valence-electron chi connectivity index (χ0n) is 9.47. The lowest BCUT2D eigenvalue weighted by molar-refractivity contribution is 0.203. The Morgan fingerprint density at radius 2 is 2.12 bits per heavy atom. The number of pyridine rings is 1. The van der Waals surface area contributed by atoms with Crippen LogP contribution in [0, 0.1) is 5.92 Å². The lowest BCUT2D eigenvalue weighted by Crippen LogP contribution is -2.35. The van der Waals surface area contributed by atoms with E-state index in [0.29, 0.717) is 19.1 Å². The van der Waals surface area contributed by atoms with E-state index in [1.165, 1.54) is 0 Å². The van der Waals surface area contributed by atoms with Crippen LogP contribution in [0.4, 0.5) is 5.82 Å². The quantitative estimate of drug-likeness (QED) is 0.790. The molecule has 1 fully saturated rings. The van der Waals surface area contributed by atoms with Crippen LogP contribution in [0.2, 0.25) is 0 Å². The third kappa shape index (κ3) is 2.51. The smallest absolute Gasteiger partial charge is 0.128 e. The number of piperidine rings is 1. The number of aliphatic hydroxyl groups is 1. The standard InChI is InChI=1S/C12H19N3O/c13-7-11-1-2-12(14-8-11)15-5-3-10(9-16)4-6-15/h1-2,8,10,16H,3-7,9,13H2. The Kier molecular flexibility index (Phi) is 3.74. The van der Waals surface area contributed by atoms with Crippen LogP contribution >= 0.6 is 0 Å². The van der Waals surface area contributed by atoms with Crippen molar-refractivity contribution >= 4 is 5.82 Å². The number of rotatable bonds is 3. The zero-order chi connectivity index (χ0) is 11.4. The molecule has 0 spiro atoms. The third-order valence-corrected chi connectivity index (χ3v) is 3.24. The molecular weight excluding hydrogens is 202 g/mol. The van der Waals surface area contributed by atoms with E-state index in [0.717, 1.165) is 37.3 Å². The van der Waals surface area contributed by atoms with Crippen molar-refractivity contribution in [3.05, 3.63) is 23.9 Å². The van der Waals surface area contributed by atoms with Crippen molar-refractivity contribution in [2.24, 2.45) is 11.7 Å². The van der Waals surface area contributed by atoms with Gasteiger partial charge in [-0.15, -0.1) is 0 Å². The van der Waals surface area contributed by atoms with E-state index < -0.39 is 0 Å². The number of nitrogens with two attached hydrogens (primary N) is 1. The highest BCUT2D eigenvalue weighted by Crippen LogP contribution is 2.21. The van der Waals surface area contributed by atoms with Gasteiger partial charge in [0.2, 0.25) is 0 Å². The SMILES string of the molecule is NCc1ccc(N2CCC(CO)CC2)nc1. The number of aliphatic hydroxyl groups excluding tert-OH is 1. The maximum absolute atomic E-state index is 9.07. The Balaban J connectivity index is 1.97. The monoisotopic (exact) mass is 221 g/mol. The molecule has 0 radical (unpaired) electrons. The number of anilines is 1. The molecule has 4 heteroatoms. The molecule has 2 rings (SSSR count). The Labute approximate surface area is 96.1 Å². The number of aromatic nitrogens is 1. The second kappa shape index (κ2) is 5.27. The maximum atomic E-state index is 9.07. The summed E-state index contributed by atoms with van der Waals surface area (Å²) in [7, 11) is 0. The van der Waals surface area contributed by atoms with Gasteiger partial charge in [0, 0.05) is 32.4 Å². The molecule has 0 saturated carbocycles. The van der Waals surface area contributed by atoms with Crippen LogP contribution in [0.15, 0.2) is 18.3 Å². The van der Waals surface area contributed by atoms with Crippen molar-refractivity contribution in [2.75, 3.05) is 24.6 Å². The summed E-state index contributed by atoms with van der Waals surface area (Å²) in [4.78, 5) is 6.68. The molecule has 1 aromatic rings.